The minimum atomic E-state index is -4.19. The smallest absolute Gasteiger partial charge is 0.342 e. The van der Waals surface area contributed by atoms with Crippen LogP contribution in [0.2, 0.25) is 0 Å². The molecule has 0 saturated carbocycles. The van der Waals surface area contributed by atoms with Crippen molar-refractivity contribution in [1.29, 1.82) is 0 Å². The zero-order valence-electron chi connectivity index (χ0n) is 23.1. The lowest BCUT2D eigenvalue weighted by molar-refractivity contribution is -0.145. The molecule has 0 radical (unpaired) electrons. The molecule has 2 aromatic rings. The Balaban J connectivity index is 1.84. The zero-order chi connectivity index (χ0) is 29.8. The number of methoxy groups -OCH3 is 1. The maximum absolute atomic E-state index is 13.7. The first-order valence-electron chi connectivity index (χ1n) is 12.5. The fourth-order valence-electron chi connectivity index (χ4n) is 4.04. The average molecular weight is 590 g/mol. The fourth-order valence-corrected chi connectivity index (χ4v) is 5.85. The minimum absolute atomic E-state index is 0.0899. The Morgan fingerprint density at radius 2 is 1.77 bits per heavy atom. The molecule has 40 heavy (non-hydrogen) atoms. The van der Waals surface area contributed by atoms with E-state index in [9.17, 15) is 24.4 Å². The molecule has 3 rings (SSSR count). The van der Waals surface area contributed by atoms with Crippen LogP contribution in [0.5, 0.6) is 5.88 Å². The van der Waals surface area contributed by atoms with E-state index >= 15 is 0 Å². The number of hydrogen-bond donors (Lipinski definition) is 5. The molecule has 224 valence electrons. The first-order valence-corrected chi connectivity index (χ1v) is 14.1. The van der Waals surface area contributed by atoms with Crippen LogP contribution >= 0.6 is 7.67 Å². The number of anilines is 1. The summed E-state index contributed by atoms with van der Waals surface area (Å²) in [5.41, 5.74) is 4.28. The number of esters is 2. The highest BCUT2D eigenvalue weighted by atomic mass is 31.2. The lowest BCUT2D eigenvalue weighted by atomic mass is 9.96. The number of aliphatic hydroxyl groups is 2. The van der Waals surface area contributed by atoms with Gasteiger partial charge in [0.15, 0.2) is 17.4 Å². The van der Waals surface area contributed by atoms with Crippen molar-refractivity contribution >= 4 is 36.7 Å². The molecule has 3 heterocycles. The Kier molecular flexibility index (Phi) is 10.1. The van der Waals surface area contributed by atoms with Gasteiger partial charge in [0.05, 0.1) is 33.3 Å². The van der Waals surface area contributed by atoms with Crippen LogP contribution in [0.4, 0.5) is 5.95 Å². The minimum Gasteiger partial charge on any atom is -0.479 e. The normalized spacial score (nSPS) is 25.8. The molecule has 0 aromatic carbocycles. The van der Waals surface area contributed by atoms with Gasteiger partial charge in [-0.2, -0.15) is 9.97 Å². The lowest BCUT2D eigenvalue weighted by Crippen LogP contribution is -2.45. The van der Waals surface area contributed by atoms with Crippen LogP contribution in [0.25, 0.3) is 11.2 Å². The van der Waals surface area contributed by atoms with Crippen LogP contribution in [0, 0.1) is 0 Å². The summed E-state index contributed by atoms with van der Waals surface area (Å²) in [5, 5.41) is 27.2. The molecular weight excluding hydrogens is 553 g/mol. The Morgan fingerprint density at radius 1 is 1.20 bits per heavy atom. The molecule has 0 bridgehead atoms. The van der Waals surface area contributed by atoms with Gasteiger partial charge in [-0.1, -0.05) is 0 Å². The van der Waals surface area contributed by atoms with Gasteiger partial charge in [-0.25, -0.2) is 15.2 Å². The van der Waals surface area contributed by atoms with E-state index in [-0.39, 0.29) is 36.2 Å². The fraction of sp³-hybridized carbons (Fsp3) is 0.682. The van der Waals surface area contributed by atoms with Gasteiger partial charge in [0.25, 0.3) is 0 Å². The number of ether oxygens (including phenoxy) is 4. The van der Waals surface area contributed by atoms with E-state index in [1.54, 1.807) is 13.8 Å². The van der Waals surface area contributed by atoms with Crippen LogP contribution < -0.4 is 20.6 Å². The molecule has 18 heteroatoms. The Morgan fingerprint density at radius 3 is 2.30 bits per heavy atom. The van der Waals surface area contributed by atoms with Crippen molar-refractivity contribution in [1.82, 2.24) is 29.7 Å². The number of nitrogens with two attached hydrogens (primary N) is 1. The van der Waals surface area contributed by atoms with Gasteiger partial charge >= 0.3 is 19.6 Å². The first kappa shape index (κ1) is 31.6. The maximum Gasteiger partial charge on any atom is 0.342 e. The van der Waals surface area contributed by atoms with Crippen molar-refractivity contribution in [2.45, 2.75) is 70.7 Å². The molecule has 6 N–H and O–H groups in total. The molecule has 0 amide bonds. The second-order valence-electron chi connectivity index (χ2n) is 9.17. The van der Waals surface area contributed by atoms with E-state index in [1.165, 1.54) is 38.8 Å². The van der Waals surface area contributed by atoms with Gasteiger partial charge in [0, 0.05) is 0 Å². The number of carbonyl (C=O) groups is 2. The number of hydrogen-bond acceptors (Lipinski definition) is 14. The largest absolute Gasteiger partial charge is 0.479 e. The number of aliphatic hydroxyl groups excluding tert-OH is 1. The molecule has 1 aliphatic heterocycles. The van der Waals surface area contributed by atoms with Crippen molar-refractivity contribution in [2.75, 3.05) is 32.7 Å². The molecule has 1 fully saturated rings. The van der Waals surface area contributed by atoms with Crippen molar-refractivity contribution in [2.24, 2.45) is 0 Å². The lowest BCUT2D eigenvalue weighted by Gasteiger charge is -2.28. The van der Waals surface area contributed by atoms with E-state index in [2.05, 4.69) is 25.1 Å². The number of imidazole rings is 1. The number of fused-ring (bicyclic) bond motifs is 1. The molecule has 0 spiro atoms. The SMILES string of the molecule is CCOC(=O)C(C)NP(=O)(NC(C)C(=O)OCC)OC[C@H]1O[C@@H](n2cnc3c(OC)nc(N)nc32)[C@@](C)(O)C1O. The predicted octanol–water partition coefficient (Wildman–Crippen LogP) is -0.366. The Hall–Kier alpha value is -2.92. The van der Waals surface area contributed by atoms with Gasteiger partial charge in [0.2, 0.25) is 11.8 Å². The highest BCUT2D eigenvalue weighted by Crippen LogP contribution is 2.44. The van der Waals surface area contributed by atoms with Crippen LogP contribution in [-0.2, 0) is 32.9 Å². The van der Waals surface area contributed by atoms with E-state index in [1.807, 2.05) is 0 Å². The van der Waals surface area contributed by atoms with E-state index in [4.69, 9.17) is 29.2 Å². The maximum atomic E-state index is 13.7. The summed E-state index contributed by atoms with van der Waals surface area (Å²) in [4.78, 5) is 36.7. The van der Waals surface area contributed by atoms with Gasteiger partial charge in [-0.05, 0) is 34.6 Å². The molecule has 1 saturated heterocycles. The van der Waals surface area contributed by atoms with Crippen LogP contribution in [-0.4, -0.2) is 98.5 Å². The molecule has 0 aliphatic carbocycles. The summed E-state index contributed by atoms with van der Waals surface area (Å²) >= 11 is 0. The van der Waals surface area contributed by atoms with Crippen molar-refractivity contribution in [3.8, 4) is 5.88 Å². The number of rotatable bonds is 13. The number of aromatic nitrogens is 4. The third kappa shape index (κ3) is 6.68. The standard InChI is InChI=1S/C22H36N7O10P/c1-7-36-18(31)11(3)27-40(34,28-12(4)19(32)37-8-2)38-9-13-15(30)22(5,33)20(39-13)29-10-24-14-16(29)25-21(23)26-17(14)35-6/h10-13,15,20,30,33H,7-9H2,1-6H3,(H2,23,25,26)(H2,27,28,34)/t11?,12?,13-,15?,20-,22+,40?/m1/s1. The molecule has 2 aromatic heterocycles. The van der Waals surface area contributed by atoms with E-state index in [0.29, 0.717) is 0 Å². The highest BCUT2D eigenvalue weighted by molar-refractivity contribution is 7.54. The van der Waals surface area contributed by atoms with Gasteiger partial charge in [-0.15, -0.1) is 0 Å². The molecule has 3 unspecified atom stereocenters. The molecule has 17 nitrogen and oxygen atoms in total. The third-order valence-corrected chi connectivity index (χ3v) is 8.00. The van der Waals surface area contributed by atoms with Crippen LogP contribution in [0.15, 0.2) is 6.33 Å². The van der Waals surface area contributed by atoms with E-state index < -0.39 is 62.3 Å². The summed E-state index contributed by atoms with van der Waals surface area (Å²) in [7, 11) is -2.81. The number of nitrogens with zero attached hydrogens (tertiary/aromatic N) is 4. The van der Waals surface area contributed by atoms with Crippen molar-refractivity contribution in [3.63, 3.8) is 0 Å². The first-order chi connectivity index (χ1) is 18.8. The summed E-state index contributed by atoms with van der Waals surface area (Å²) < 4.78 is 41.7. The summed E-state index contributed by atoms with van der Waals surface area (Å²) in [6.45, 7) is 7.00. The Bertz CT molecular complexity index is 1230. The number of carbonyl (C=O) groups excluding carboxylic acids is 2. The van der Waals surface area contributed by atoms with Gasteiger partial charge in [0.1, 0.15) is 29.9 Å². The van der Waals surface area contributed by atoms with Gasteiger partial charge < -0.3 is 39.4 Å². The van der Waals surface area contributed by atoms with Crippen LogP contribution in [0.1, 0.15) is 40.8 Å². The highest BCUT2D eigenvalue weighted by Gasteiger charge is 2.54. The molecule has 1 aliphatic rings. The zero-order valence-corrected chi connectivity index (χ0v) is 24.0. The predicted molar refractivity (Wildman–Crippen MR) is 139 cm³/mol. The van der Waals surface area contributed by atoms with Gasteiger partial charge in [-0.3, -0.25) is 18.7 Å². The van der Waals surface area contributed by atoms with Crippen molar-refractivity contribution < 1.29 is 47.8 Å². The van der Waals surface area contributed by atoms with Crippen LogP contribution in [0.3, 0.4) is 0 Å². The molecular formula is C22H36N7O10P. The number of nitrogens with one attached hydrogen (secondary N) is 2. The summed E-state index contributed by atoms with van der Waals surface area (Å²) in [6, 6.07) is -2.20. The third-order valence-electron chi connectivity index (χ3n) is 6.04. The number of nitrogen functional groups attached to an aromatic ring is 1. The quantitative estimate of drug-likeness (QED) is 0.148. The monoisotopic (exact) mass is 589 g/mol. The molecule has 6 atom stereocenters. The topological polar surface area (TPSA) is 232 Å². The average Bonchev–Trinajstić information content (AvgIpc) is 3.40. The Labute approximate surface area is 230 Å². The second-order valence-corrected chi connectivity index (χ2v) is 11.0. The summed E-state index contributed by atoms with van der Waals surface area (Å²) in [6.07, 6.45) is -2.70. The van der Waals surface area contributed by atoms with Crippen molar-refractivity contribution in [3.05, 3.63) is 6.33 Å². The van der Waals surface area contributed by atoms with E-state index in [0.717, 1.165) is 0 Å². The summed E-state index contributed by atoms with van der Waals surface area (Å²) in [5.74, 6) is -1.43. The second kappa shape index (κ2) is 12.7.